The average molecular weight is 346 g/mol. The second-order valence-corrected chi connectivity index (χ2v) is 6.96. The van der Waals surface area contributed by atoms with Crippen LogP contribution in [0.15, 0.2) is 39.8 Å². The molecule has 1 amide bonds. The van der Waals surface area contributed by atoms with Crippen LogP contribution in [0, 0.1) is 5.92 Å². The normalized spacial score (nSPS) is 17.8. The molecular weight excluding hydrogens is 324 g/mol. The summed E-state index contributed by atoms with van der Waals surface area (Å²) in [4.78, 5) is 15.4. The van der Waals surface area contributed by atoms with Crippen molar-refractivity contribution in [1.82, 2.24) is 10.1 Å². The fourth-order valence-electron chi connectivity index (χ4n) is 2.90. The summed E-state index contributed by atoms with van der Waals surface area (Å²) in [5.74, 6) is 1.85. The molecule has 3 rings (SSSR count). The molecule has 1 aromatic carbocycles. The minimum atomic E-state index is -0.0546. The van der Waals surface area contributed by atoms with E-state index < -0.39 is 0 Å². The lowest BCUT2D eigenvalue weighted by Crippen LogP contribution is -2.39. The van der Waals surface area contributed by atoms with E-state index in [0.717, 1.165) is 30.2 Å². The van der Waals surface area contributed by atoms with Gasteiger partial charge in [0, 0.05) is 24.1 Å². The Morgan fingerprint density at radius 3 is 3.08 bits per heavy atom. The topological polar surface area (TPSA) is 55.6 Å². The third-order valence-electron chi connectivity index (χ3n) is 4.16. The highest BCUT2D eigenvalue weighted by molar-refractivity contribution is 7.98. The zero-order chi connectivity index (χ0) is 16.9. The van der Waals surface area contributed by atoms with Crippen molar-refractivity contribution in [2.45, 2.75) is 31.3 Å². The summed E-state index contributed by atoms with van der Waals surface area (Å²) in [7, 11) is 0. The maximum Gasteiger partial charge on any atom is 0.276 e. The number of carbonyl (C=O) groups is 1. The second kappa shape index (κ2) is 7.75. The minimum Gasteiger partial charge on any atom is -0.484 e. The van der Waals surface area contributed by atoms with E-state index >= 15 is 0 Å². The molecule has 1 aliphatic rings. The summed E-state index contributed by atoms with van der Waals surface area (Å²) in [6, 6.07) is 9.52. The van der Waals surface area contributed by atoms with E-state index in [1.165, 1.54) is 6.42 Å². The van der Waals surface area contributed by atoms with Gasteiger partial charge in [-0.05, 0) is 37.1 Å². The Labute approximate surface area is 146 Å². The molecule has 5 nitrogen and oxygen atoms in total. The standard InChI is InChI=1S/C18H22N2O3S/c1-13-6-5-9-20(11-13)18(21)15-10-14(23-19-15)12-22-16-7-3-4-8-17(16)24-2/h3-4,7-8,10,13H,5-6,9,11-12H2,1-2H3/t13-/m1/s1. The van der Waals surface area contributed by atoms with E-state index in [4.69, 9.17) is 9.26 Å². The monoisotopic (exact) mass is 346 g/mol. The van der Waals surface area contributed by atoms with Crippen molar-refractivity contribution in [1.29, 1.82) is 0 Å². The van der Waals surface area contributed by atoms with Crippen LogP contribution in [-0.2, 0) is 6.61 Å². The van der Waals surface area contributed by atoms with Gasteiger partial charge in [-0.2, -0.15) is 0 Å². The highest BCUT2D eigenvalue weighted by atomic mass is 32.2. The molecule has 2 heterocycles. The zero-order valence-corrected chi connectivity index (χ0v) is 14.8. The highest BCUT2D eigenvalue weighted by Crippen LogP contribution is 2.27. The van der Waals surface area contributed by atoms with Crippen LogP contribution in [0.25, 0.3) is 0 Å². The Bertz CT molecular complexity index is 701. The van der Waals surface area contributed by atoms with Crippen LogP contribution in [0.3, 0.4) is 0 Å². The fraction of sp³-hybridized carbons (Fsp3) is 0.444. The summed E-state index contributed by atoms with van der Waals surface area (Å²) in [6.45, 7) is 4.01. The van der Waals surface area contributed by atoms with Crippen LogP contribution in [0.2, 0.25) is 0 Å². The Hall–Kier alpha value is -1.95. The summed E-state index contributed by atoms with van der Waals surface area (Å²) >= 11 is 1.63. The fourth-order valence-corrected chi connectivity index (χ4v) is 3.45. The summed E-state index contributed by atoms with van der Waals surface area (Å²) < 4.78 is 11.1. The zero-order valence-electron chi connectivity index (χ0n) is 14.0. The number of thioether (sulfide) groups is 1. The van der Waals surface area contributed by atoms with Crippen molar-refractivity contribution in [3.05, 3.63) is 41.8 Å². The third-order valence-corrected chi connectivity index (χ3v) is 4.94. The van der Waals surface area contributed by atoms with Crippen LogP contribution in [-0.4, -0.2) is 35.3 Å². The van der Waals surface area contributed by atoms with Crippen molar-refractivity contribution < 1.29 is 14.1 Å². The SMILES string of the molecule is CSc1ccccc1OCc1cc(C(=O)N2CCC[C@@H](C)C2)no1. The Kier molecular flexibility index (Phi) is 5.45. The van der Waals surface area contributed by atoms with Gasteiger partial charge in [0.25, 0.3) is 5.91 Å². The molecule has 1 aliphatic heterocycles. The lowest BCUT2D eigenvalue weighted by atomic mass is 10.00. The first-order chi connectivity index (χ1) is 11.7. The average Bonchev–Trinajstić information content (AvgIpc) is 3.08. The molecular formula is C18H22N2O3S. The van der Waals surface area contributed by atoms with Crippen LogP contribution >= 0.6 is 11.8 Å². The largest absolute Gasteiger partial charge is 0.484 e. The molecule has 0 N–H and O–H groups in total. The molecule has 0 radical (unpaired) electrons. The molecule has 0 aliphatic carbocycles. The number of amides is 1. The summed E-state index contributed by atoms with van der Waals surface area (Å²) in [6.07, 6.45) is 4.23. The van der Waals surface area contributed by atoms with Crippen LogP contribution < -0.4 is 4.74 Å². The number of rotatable bonds is 5. The smallest absolute Gasteiger partial charge is 0.276 e. The number of likely N-dealkylation sites (tertiary alicyclic amines) is 1. The first-order valence-corrected chi connectivity index (χ1v) is 9.40. The van der Waals surface area contributed by atoms with Crippen molar-refractivity contribution in [2.24, 2.45) is 5.92 Å². The summed E-state index contributed by atoms with van der Waals surface area (Å²) in [5.41, 5.74) is 0.362. The van der Waals surface area contributed by atoms with E-state index in [-0.39, 0.29) is 12.5 Å². The molecule has 0 spiro atoms. The third kappa shape index (κ3) is 3.93. The van der Waals surface area contributed by atoms with Gasteiger partial charge in [0.05, 0.1) is 0 Å². The van der Waals surface area contributed by atoms with E-state index in [0.29, 0.717) is 17.4 Å². The second-order valence-electron chi connectivity index (χ2n) is 6.12. The van der Waals surface area contributed by atoms with E-state index in [1.54, 1.807) is 17.8 Å². The molecule has 1 aromatic heterocycles. The van der Waals surface area contributed by atoms with Crippen molar-refractivity contribution in [3.8, 4) is 5.75 Å². The number of ether oxygens (including phenoxy) is 1. The lowest BCUT2D eigenvalue weighted by molar-refractivity contribution is 0.0672. The van der Waals surface area contributed by atoms with Gasteiger partial charge in [-0.25, -0.2) is 0 Å². The maximum absolute atomic E-state index is 12.5. The maximum atomic E-state index is 12.5. The Morgan fingerprint density at radius 2 is 2.29 bits per heavy atom. The number of piperidine rings is 1. The molecule has 1 saturated heterocycles. The van der Waals surface area contributed by atoms with Gasteiger partial charge in [-0.1, -0.05) is 24.2 Å². The summed E-state index contributed by atoms with van der Waals surface area (Å²) in [5, 5.41) is 3.92. The van der Waals surface area contributed by atoms with Gasteiger partial charge in [-0.15, -0.1) is 11.8 Å². The van der Waals surface area contributed by atoms with Gasteiger partial charge in [-0.3, -0.25) is 4.79 Å². The molecule has 6 heteroatoms. The van der Waals surface area contributed by atoms with Crippen molar-refractivity contribution in [3.63, 3.8) is 0 Å². The van der Waals surface area contributed by atoms with E-state index in [1.807, 2.05) is 35.4 Å². The quantitative estimate of drug-likeness (QED) is 0.770. The van der Waals surface area contributed by atoms with Crippen LogP contribution in [0.1, 0.15) is 36.0 Å². The number of carbonyl (C=O) groups excluding carboxylic acids is 1. The van der Waals surface area contributed by atoms with E-state index in [2.05, 4.69) is 12.1 Å². The van der Waals surface area contributed by atoms with Gasteiger partial charge < -0.3 is 14.2 Å². The molecule has 0 saturated carbocycles. The molecule has 2 aromatic rings. The minimum absolute atomic E-state index is 0.0546. The predicted molar refractivity (Wildman–Crippen MR) is 93.4 cm³/mol. The van der Waals surface area contributed by atoms with Crippen LogP contribution in [0.5, 0.6) is 5.75 Å². The molecule has 1 atom stereocenters. The molecule has 1 fully saturated rings. The van der Waals surface area contributed by atoms with Crippen LogP contribution in [0.4, 0.5) is 0 Å². The van der Waals surface area contributed by atoms with Gasteiger partial charge in [0.2, 0.25) is 0 Å². The van der Waals surface area contributed by atoms with E-state index in [9.17, 15) is 4.79 Å². The first kappa shape index (κ1) is 16.9. The molecule has 24 heavy (non-hydrogen) atoms. The van der Waals surface area contributed by atoms with Crippen molar-refractivity contribution >= 4 is 17.7 Å². The molecule has 128 valence electrons. The number of benzene rings is 1. The van der Waals surface area contributed by atoms with Gasteiger partial charge in [0.15, 0.2) is 11.5 Å². The molecule has 0 bridgehead atoms. The highest BCUT2D eigenvalue weighted by Gasteiger charge is 2.24. The van der Waals surface area contributed by atoms with Crippen molar-refractivity contribution in [2.75, 3.05) is 19.3 Å². The number of nitrogens with zero attached hydrogens (tertiary/aromatic N) is 2. The number of para-hydroxylation sites is 1. The number of aromatic nitrogens is 1. The Balaban J connectivity index is 1.62. The lowest BCUT2D eigenvalue weighted by Gasteiger charge is -2.30. The number of hydrogen-bond donors (Lipinski definition) is 0. The first-order valence-electron chi connectivity index (χ1n) is 8.18. The predicted octanol–water partition coefficient (Wildman–Crippen LogP) is 3.85. The van der Waals surface area contributed by atoms with Gasteiger partial charge >= 0.3 is 0 Å². The Morgan fingerprint density at radius 1 is 1.46 bits per heavy atom. The van der Waals surface area contributed by atoms with Gasteiger partial charge in [0.1, 0.15) is 12.4 Å². The molecule has 0 unspecified atom stereocenters. The number of hydrogen-bond acceptors (Lipinski definition) is 5.